The molecule has 0 aromatic carbocycles. The molecule has 0 saturated carbocycles. The molecule has 9 heavy (non-hydrogen) atoms. The average molecular weight is 179 g/mol. The number of hydrogen-bond acceptors (Lipinski definition) is 4. The van der Waals surface area contributed by atoms with Crippen molar-refractivity contribution in [2.75, 3.05) is 0 Å². The zero-order valence-corrected chi connectivity index (χ0v) is 7.46. The molecule has 0 heterocycles. The van der Waals surface area contributed by atoms with E-state index in [1.165, 1.54) is 0 Å². The van der Waals surface area contributed by atoms with Gasteiger partial charge in [-0.3, -0.25) is 0 Å². The Balaban J connectivity index is 0. The number of rotatable bonds is 2. The average Bonchev–Trinajstić information content (AvgIpc) is 1.61. The molecule has 5 heteroatoms. The smallest absolute Gasteiger partial charge is 0.0643 e. The fourth-order valence-electron chi connectivity index (χ4n) is 0.136. The van der Waals surface area contributed by atoms with E-state index in [1.807, 2.05) is 0 Å². The van der Waals surface area contributed by atoms with Crippen LogP contribution in [0.5, 0.6) is 0 Å². The largest absolute Gasteiger partial charge is 0.545 e. The number of carboxylic acid groups (broad SMARTS) is 2. The molecular weight excluding hydrogens is 177 g/mol. The molecule has 0 rings (SSSR count). The van der Waals surface area contributed by atoms with Gasteiger partial charge in [0.1, 0.15) is 0 Å². The van der Waals surface area contributed by atoms with Crippen LogP contribution in [0.3, 0.4) is 0 Å². The maximum atomic E-state index is 9.41. The van der Waals surface area contributed by atoms with Crippen molar-refractivity contribution in [2.24, 2.45) is 0 Å². The molecule has 0 saturated heterocycles. The van der Waals surface area contributed by atoms with E-state index in [-0.39, 0.29) is 19.5 Å². The summed E-state index contributed by atoms with van der Waals surface area (Å²) in [5.74, 6) is -3.09. The second kappa shape index (κ2) is 5.44. The molecule has 0 aliphatic carbocycles. The number of hydrogen-bond donors (Lipinski definition) is 0. The Morgan fingerprint density at radius 3 is 1.33 bits per heavy atom. The van der Waals surface area contributed by atoms with E-state index in [0.717, 1.165) is 0 Å². The molecule has 0 spiro atoms. The van der Waals surface area contributed by atoms with Gasteiger partial charge in [0.2, 0.25) is 0 Å². The van der Waals surface area contributed by atoms with Crippen LogP contribution in [0.2, 0.25) is 0 Å². The third kappa shape index (κ3) is 11.1. The van der Waals surface area contributed by atoms with Gasteiger partial charge in [-0.2, -0.15) is 0 Å². The van der Waals surface area contributed by atoms with Gasteiger partial charge < -0.3 is 19.8 Å². The predicted octanol–water partition coefficient (Wildman–Crippen LogP) is -2.96. The molecule has 0 aliphatic rings. The van der Waals surface area contributed by atoms with Gasteiger partial charge in [-0.25, -0.2) is 0 Å². The summed E-state index contributed by atoms with van der Waals surface area (Å²) in [6.45, 7) is 0. The summed E-state index contributed by atoms with van der Waals surface area (Å²) in [5.41, 5.74) is 0. The summed E-state index contributed by atoms with van der Waals surface area (Å²) in [6.07, 6.45) is 0.769. The van der Waals surface area contributed by atoms with Gasteiger partial charge in [-0.15, -0.1) is 0 Å². The van der Waals surface area contributed by atoms with Crippen LogP contribution >= 0.6 is 0 Å². The number of carboxylic acids is 2. The van der Waals surface area contributed by atoms with Crippen LogP contribution in [0.4, 0.5) is 0 Å². The second-order valence-corrected chi connectivity index (χ2v) is 0.971. The fraction of sp³-hybridized carbons (Fsp3) is 0. The first-order chi connectivity index (χ1) is 3.63. The van der Waals surface area contributed by atoms with E-state index in [2.05, 4.69) is 0 Å². The molecule has 0 N–H and O–H groups in total. The second-order valence-electron chi connectivity index (χ2n) is 0.971. The fourth-order valence-corrected chi connectivity index (χ4v) is 0.136. The molecule has 0 amide bonds. The molecule has 0 aliphatic heterocycles. The summed E-state index contributed by atoms with van der Waals surface area (Å²) < 4.78 is 0. The minimum Gasteiger partial charge on any atom is -0.545 e. The summed E-state index contributed by atoms with van der Waals surface area (Å²) >= 11 is 0. The predicted molar refractivity (Wildman–Crippen MR) is 19.2 cm³/mol. The monoisotopic (exact) mass is 178 g/mol. The van der Waals surface area contributed by atoms with Gasteiger partial charge in [0, 0.05) is 19.5 Å². The Hall–Kier alpha value is -0.697. The molecule has 0 unspecified atom stereocenters. The minimum absolute atomic E-state index is 0. The third-order valence-corrected chi connectivity index (χ3v) is 0.355. The molecule has 0 radical (unpaired) electrons. The molecule has 0 bridgehead atoms. The maximum absolute atomic E-state index is 9.41. The normalized spacial score (nSPS) is 8.44. The molecular formula is C4H2O4Zn-2. The van der Waals surface area contributed by atoms with Crippen LogP contribution in [0, 0.1) is 0 Å². The van der Waals surface area contributed by atoms with E-state index in [9.17, 15) is 19.8 Å². The number of carbonyl (C=O) groups excluding carboxylic acids is 2. The van der Waals surface area contributed by atoms with Gasteiger partial charge in [0.15, 0.2) is 0 Å². The Kier molecular flexibility index (Phi) is 6.74. The van der Waals surface area contributed by atoms with E-state index in [0.29, 0.717) is 12.2 Å². The zero-order chi connectivity index (χ0) is 6.57. The van der Waals surface area contributed by atoms with Crippen LogP contribution < -0.4 is 10.2 Å². The van der Waals surface area contributed by atoms with Gasteiger partial charge >= 0.3 is 0 Å². The molecule has 46 valence electrons. The Labute approximate surface area is 63.9 Å². The van der Waals surface area contributed by atoms with Gasteiger partial charge in [0.25, 0.3) is 0 Å². The summed E-state index contributed by atoms with van der Waals surface area (Å²) in [6, 6.07) is 0. The topological polar surface area (TPSA) is 80.3 Å². The van der Waals surface area contributed by atoms with E-state index in [1.54, 1.807) is 0 Å². The molecule has 0 fully saturated rings. The van der Waals surface area contributed by atoms with Gasteiger partial charge in [-0.1, -0.05) is 0 Å². The first kappa shape index (κ1) is 11.1. The molecule has 0 aromatic rings. The minimum atomic E-state index is -1.55. The zero-order valence-electron chi connectivity index (χ0n) is 4.49. The van der Waals surface area contributed by atoms with E-state index >= 15 is 0 Å². The maximum Gasteiger partial charge on any atom is 0.0643 e. The van der Waals surface area contributed by atoms with Gasteiger partial charge in [0.05, 0.1) is 11.9 Å². The number of carbonyl (C=O) groups is 2. The Morgan fingerprint density at radius 1 is 1.00 bits per heavy atom. The van der Waals surface area contributed by atoms with Crippen LogP contribution in [0.1, 0.15) is 0 Å². The first-order valence-electron chi connectivity index (χ1n) is 1.73. The summed E-state index contributed by atoms with van der Waals surface area (Å²) in [7, 11) is 0. The van der Waals surface area contributed by atoms with Crippen molar-refractivity contribution in [3.05, 3.63) is 12.2 Å². The van der Waals surface area contributed by atoms with Crippen molar-refractivity contribution < 1.29 is 39.3 Å². The van der Waals surface area contributed by atoms with Gasteiger partial charge in [-0.05, 0) is 12.2 Å². The van der Waals surface area contributed by atoms with Crippen molar-refractivity contribution in [3.8, 4) is 0 Å². The van der Waals surface area contributed by atoms with E-state index < -0.39 is 11.9 Å². The summed E-state index contributed by atoms with van der Waals surface area (Å²) in [5, 5.41) is 18.8. The van der Waals surface area contributed by atoms with Crippen molar-refractivity contribution in [1.82, 2.24) is 0 Å². The molecule has 0 atom stereocenters. The van der Waals surface area contributed by atoms with Crippen LogP contribution in [0.25, 0.3) is 0 Å². The third-order valence-electron chi connectivity index (χ3n) is 0.355. The number of aliphatic carboxylic acids is 2. The van der Waals surface area contributed by atoms with E-state index in [4.69, 9.17) is 0 Å². The SMILES string of the molecule is O=C([O-])/C=C/C(=O)[O-].[Zn]. The van der Waals surface area contributed by atoms with Crippen molar-refractivity contribution in [1.29, 1.82) is 0 Å². The standard InChI is InChI=1S/C4H4O4.Zn/c5-3(6)1-2-4(7)8;/h1-2H,(H,5,6)(H,7,8);/p-2/b2-1+;. The summed E-state index contributed by atoms with van der Waals surface area (Å²) in [4.78, 5) is 18.8. The van der Waals surface area contributed by atoms with Crippen molar-refractivity contribution in [2.45, 2.75) is 0 Å². The first-order valence-corrected chi connectivity index (χ1v) is 1.73. The van der Waals surface area contributed by atoms with Crippen molar-refractivity contribution in [3.63, 3.8) is 0 Å². The molecule has 0 aromatic heterocycles. The Bertz CT molecular complexity index is 124. The Morgan fingerprint density at radius 2 is 1.22 bits per heavy atom. The van der Waals surface area contributed by atoms with Crippen LogP contribution in [-0.4, -0.2) is 11.9 Å². The van der Waals surface area contributed by atoms with Crippen molar-refractivity contribution >= 4 is 11.9 Å². The van der Waals surface area contributed by atoms with Crippen LogP contribution in [-0.2, 0) is 29.1 Å². The van der Waals surface area contributed by atoms with Crippen LogP contribution in [0.15, 0.2) is 12.2 Å². The quantitative estimate of drug-likeness (QED) is 0.335. The molecule has 4 nitrogen and oxygen atoms in total.